The Morgan fingerprint density at radius 3 is 1.90 bits per heavy atom. The van der Waals surface area contributed by atoms with Crippen molar-refractivity contribution in [2.24, 2.45) is 0 Å². The minimum absolute atomic E-state index is 0.0365. The molecule has 0 N–H and O–H groups in total. The van der Waals surface area contributed by atoms with Crippen LogP contribution in [0.2, 0.25) is 0 Å². The number of imidazole rings is 1. The number of hydrogen-bond donors (Lipinski definition) is 0. The molecular weight excluding hydrogens is 1120 g/mol. The van der Waals surface area contributed by atoms with Crippen LogP contribution in [-0.4, -0.2) is 21.1 Å². The number of benzene rings is 10. The van der Waals surface area contributed by atoms with Crippen molar-refractivity contribution in [1.29, 1.82) is 0 Å². The zero-order valence-corrected chi connectivity index (χ0v) is 43.0. The number of rotatable bonds is 8. The smallest absolute Gasteiger partial charge is 0.0275 e. The van der Waals surface area contributed by atoms with Crippen LogP contribution in [0.25, 0.3) is 89.2 Å². The molecule has 10 aromatic carbocycles. The van der Waals surface area contributed by atoms with E-state index < -0.39 is 39.1 Å². The molecule has 0 bridgehead atoms. The molecule has 0 fully saturated rings. The van der Waals surface area contributed by atoms with Crippen LogP contribution >= 0.6 is 0 Å². The third kappa shape index (κ3) is 7.07. The Hall–Kier alpha value is -9.03. The molecule has 0 unspecified atom stereocenters. The van der Waals surface area contributed by atoms with Gasteiger partial charge in [-0.1, -0.05) is 24.2 Å². The maximum absolute atomic E-state index is 9.96. The fourth-order valence-corrected chi connectivity index (χ4v) is 12.7. The Bertz CT molecular complexity index is 4910. The Balaban J connectivity index is 0.948. The molecule has 2 aromatic heterocycles. The number of aryl methyl sites for hydroxylation is 1. The van der Waals surface area contributed by atoms with Crippen LogP contribution in [0, 0.1) is 36.5 Å². The van der Waals surface area contributed by atoms with Crippen LogP contribution in [-0.2, 0) is 19.4 Å². The molecule has 8 heteroatoms. The molecule has 12 aromatic rings. The number of hydrogen-bond acceptors (Lipinski definition) is 4. The van der Waals surface area contributed by atoms with Gasteiger partial charge in [0.25, 0.3) is 0 Å². The van der Waals surface area contributed by atoms with Crippen molar-refractivity contribution < 1.29 is 39.2 Å². The monoisotopic (exact) mass is 1180 g/mol. The van der Waals surface area contributed by atoms with Gasteiger partial charge in [-0.25, -0.2) is 0 Å². The molecule has 0 spiro atoms. The molecule has 0 saturated heterocycles. The summed E-state index contributed by atoms with van der Waals surface area (Å²) in [5.41, 5.74) is 12.2. The Kier molecular flexibility index (Phi) is 8.15. The van der Waals surface area contributed by atoms with Crippen molar-refractivity contribution in [3.63, 3.8) is 0 Å². The van der Waals surface area contributed by atoms with Gasteiger partial charge in [-0.15, -0.1) is 6.07 Å². The third-order valence-corrected chi connectivity index (χ3v) is 15.9. The van der Waals surface area contributed by atoms with Gasteiger partial charge in [0.15, 0.2) is 0 Å². The summed E-state index contributed by atoms with van der Waals surface area (Å²) in [6.07, 6.45) is 0. The zero-order chi connectivity index (χ0) is 60.7. The molecular formula is C69H46BN5OPt-2. The third-order valence-electron chi connectivity index (χ3n) is 14.9. The fraction of sp³-hybridized carbons (Fsp3) is 0.0435. The van der Waals surface area contributed by atoms with Gasteiger partial charge in [0, 0.05) is 15.4 Å². The van der Waals surface area contributed by atoms with Crippen molar-refractivity contribution in [1.82, 2.24) is 14.1 Å². The SMILES string of the molecule is [2H]c1c2c3c(c([2H])c1C([2H])([2H])[2H])-c1c(nc(Oc4[c-]c(-n5[c](=[Pt])n(-c6c(-c7ccc(-c8ccccc8)cc7)cccc6-c6ccc(C([2H])([2H])[2H])cc6)c6ccccc65)ccc4)c(-c4ccccc4)c1C([2H])([2H])[2H])N1B3N(c3ccc[c-]c31)c1ccccc1-2. The number of aromatic nitrogens is 3. The van der Waals surface area contributed by atoms with Crippen molar-refractivity contribution in [2.75, 3.05) is 9.62 Å². The summed E-state index contributed by atoms with van der Waals surface area (Å²) in [4.78, 5) is 9.36. The van der Waals surface area contributed by atoms with Crippen LogP contribution in [0.1, 0.15) is 31.8 Å². The van der Waals surface area contributed by atoms with Crippen molar-refractivity contribution >= 4 is 46.4 Å². The van der Waals surface area contributed by atoms with Gasteiger partial charge in [0.1, 0.15) is 0 Å². The van der Waals surface area contributed by atoms with E-state index in [0.29, 0.717) is 44.9 Å². The van der Waals surface area contributed by atoms with E-state index in [9.17, 15) is 6.85 Å². The molecule has 368 valence electrons. The topological polar surface area (TPSA) is 38.5 Å². The van der Waals surface area contributed by atoms with E-state index in [1.165, 1.54) is 0 Å². The van der Waals surface area contributed by atoms with Gasteiger partial charge < -0.3 is 0 Å². The molecule has 5 heterocycles. The Morgan fingerprint density at radius 1 is 0.519 bits per heavy atom. The van der Waals surface area contributed by atoms with Gasteiger partial charge in [-0.05, 0) is 24.0 Å². The van der Waals surface area contributed by atoms with Crippen LogP contribution < -0.4 is 19.8 Å². The van der Waals surface area contributed by atoms with E-state index in [-0.39, 0.29) is 51.3 Å². The Labute approximate surface area is 474 Å². The molecule has 3 aliphatic rings. The minimum Gasteiger partial charge on any atom is -0.0615 e. The van der Waals surface area contributed by atoms with E-state index >= 15 is 0 Å². The first kappa shape index (κ1) is 35.3. The van der Waals surface area contributed by atoms with Crippen LogP contribution in [0.3, 0.4) is 0 Å². The fourth-order valence-electron chi connectivity index (χ4n) is 11.6. The predicted octanol–water partition coefficient (Wildman–Crippen LogP) is 16.5. The molecule has 0 atom stereocenters. The van der Waals surface area contributed by atoms with E-state index in [1.54, 1.807) is 48.5 Å². The number of nitrogens with zero attached hydrogens (tertiary/aromatic N) is 5. The van der Waals surface area contributed by atoms with Crippen molar-refractivity contribution in [3.05, 3.63) is 257 Å². The maximum Gasteiger partial charge on any atom is 0.0275 e. The second kappa shape index (κ2) is 17.8. The second-order valence-corrected chi connectivity index (χ2v) is 20.2. The van der Waals surface area contributed by atoms with Gasteiger partial charge in [-0.2, -0.15) is 12.1 Å². The van der Waals surface area contributed by atoms with E-state index in [1.807, 2.05) is 120 Å². The van der Waals surface area contributed by atoms with Gasteiger partial charge >= 0.3 is 392 Å². The Morgan fingerprint density at radius 2 is 1.14 bits per heavy atom. The molecule has 15 rings (SSSR count). The number of anilines is 4. The van der Waals surface area contributed by atoms with Crippen LogP contribution in [0.5, 0.6) is 11.6 Å². The van der Waals surface area contributed by atoms with Gasteiger partial charge in [0.2, 0.25) is 0 Å². The molecule has 0 amide bonds. The summed E-state index contributed by atoms with van der Waals surface area (Å²) in [5.74, 6) is 0.222. The first-order valence-electron chi connectivity index (χ1n) is 30.7. The summed E-state index contributed by atoms with van der Waals surface area (Å²) in [7, 11) is 0. The molecule has 6 nitrogen and oxygen atoms in total. The van der Waals surface area contributed by atoms with Gasteiger partial charge in [0.05, 0.1) is 2.74 Å². The predicted molar refractivity (Wildman–Crippen MR) is 311 cm³/mol. The van der Waals surface area contributed by atoms with Gasteiger partial charge in [-0.3, -0.25) is 0 Å². The molecule has 77 heavy (non-hydrogen) atoms. The summed E-state index contributed by atoms with van der Waals surface area (Å²) in [6.45, 7) is -9.02. The average molecular weight is 1180 g/mol. The molecule has 0 radical (unpaired) electrons. The average Bonchev–Trinajstić information content (AvgIpc) is 1.31. The standard InChI is InChI=1S/C69H46BN5O.Pt/c1-44-32-34-49(35-33-44)54-25-17-26-55(50-38-36-48(37-39-50)47-18-6-4-7-19-47)67(54)73-43-72(60-28-12-13-29-61(60)73)52-22-16-23-53(42-52)76-69-64(51-20-8-5-9-21-51)46(3)65-58-41-45(2)40-57-56-24-10-11-27-59(56)74-62-30-14-15-31-63(62)75(68(65)71-69)70(74)66(57)58;/h4-30,32-41H,1-3H3;/q-2;/i1D3,2D3,3D3,40D,41D;. The van der Waals surface area contributed by atoms with Crippen LogP contribution in [0.4, 0.5) is 22.9 Å². The van der Waals surface area contributed by atoms with Crippen LogP contribution in [0.15, 0.2) is 224 Å². The largest absolute Gasteiger partial charge is 0.0615 e. The van der Waals surface area contributed by atoms with Crippen molar-refractivity contribution in [2.45, 2.75) is 20.6 Å². The molecule has 0 saturated carbocycles. The number of ether oxygens (including phenoxy) is 1. The second-order valence-electron chi connectivity index (χ2n) is 19.2. The summed E-state index contributed by atoms with van der Waals surface area (Å²) in [5, 5.41) is 0. The quantitative estimate of drug-likeness (QED) is 0.112. The summed E-state index contributed by atoms with van der Waals surface area (Å²) in [6, 6.07) is 73.5. The maximum atomic E-state index is 9.96. The first-order chi connectivity index (χ1) is 42.4. The van der Waals surface area contributed by atoms with E-state index in [0.717, 1.165) is 53.9 Å². The normalized spacial score (nSPS) is 15.2. The minimum atomic E-state index is -2.95. The summed E-state index contributed by atoms with van der Waals surface area (Å²) < 4.78 is 111. The number of pyridine rings is 1. The van der Waals surface area contributed by atoms with E-state index in [2.05, 4.69) is 94.0 Å². The zero-order valence-electron chi connectivity index (χ0n) is 51.7. The molecule has 0 aliphatic carbocycles. The number of fused-ring (bicyclic) bond motifs is 10. The first-order valence-corrected chi connectivity index (χ1v) is 26.3. The van der Waals surface area contributed by atoms with Crippen molar-refractivity contribution in [3.8, 4) is 89.8 Å². The summed E-state index contributed by atoms with van der Waals surface area (Å²) >= 11 is 2.34. The molecule has 3 aliphatic heterocycles. The number of para-hydroxylation sites is 5. The van der Waals surface area contributed by atoms with E-state index in [4.69, 9.17) is 17.9 Å².